The van der Waals surface area contributed by atoms with Gasteiger partial charge in [-0.15, -0.1) is 0 Å². The van der Waals surface area contributed by atoms with Gasteiger partial charge in [0.15, 0.2) is 0 Å². The number of carboxylic acid groups (broad SMARTS) is 1. The van der Waals surface area contributed by atoms with Crippen molar-refractivity contribution in [2.45, 2.75) is 46.1 Å². The molecule has 0 aromatic carbocycles. The fourth-order valence-corrected chi connectivity index (χ4v) is 1.72. The quantitative estimate of drug-likeness (QED) is 0.629. The number of rotatable bonds is 9. The maximum Gasteiger partial charge on any atom is 0.325 e. The number of aliphatic carboxylic acids is 1. The van der Waals surface area contributed by atoms with E-state index >= 15 is 0 Å². The summed E-state index contributed by atoms with van der Waals surface area (Å²) in [6.45, 7) is 5.41. The average Bonchev–Trinajstić information content (AvgIpc) is 2.38. The molecule has 21 heavy (non-hydrogen) atoms. The SMILES string of the molecule is CCOC(=O)CN(C)C(=O)NC(C)CCCC(C)C(=O)O. The van der Waals surface area contributed by atoms with Gasteiger partial charge in [0.05, 0.1) is 12.5 Å². The Bertz CT molecular complexity index is 359. The number of urea groups is 1. The molecule has 0 rings (SSSR count). The second-order valence-electron chi connectivity index (χ2n) is 5.18. The molecule has 7 nitrogen and oxygen atoms in total. The van der Waals surface area contributed by atoms with Crippen LogP contribution in [0.25, 0.3) is 0 Å². The molecule has 122 valence electrons. The van der Waals surface area contributed by atoms with Crippen molar-refractivity contribution >= 4 is 18.0 Å². The van der Waals surface area contributed by atoms with Crippen LogP contribution in [0.15, 0.2) is 0 Å². The van der Waals surface area contributed by atoms with Crippen LogP contribution in [0.4, 0.5) is 4.79 Å². The summed E-state index contributed by atoms with van der Waals surface area (Å²) in [7, 11) is 1.52. The van der Waals surface area contributed by atoms with Crippen LogP contribution in [0.5, 0.6) is 0 Å². The third-order valence-electron chi connectivity index (χ3n) is 3.08. The molecule has 0 saturated carbocycles. The number of hydrogen-bond donors (Lipinski definition) is 2. The molecule has 2 N–H and O–H groups in total. The first kappa shape index (κ1) is 19.2. The highest BCUT2D eigenvalue weighted by Crippen LogP contribution is 2.09. The third-order valence-corrected chi connectivity index (χ3v) is 3.08. The van der Waals surface area contributed by atoms with E-state index in [2.05, 4.69) is 5.32 Å². The highest BCUT2D eigenvalue weighted by molar-refractivity contribution is 5.80. The van der Waals surface area contributed by atoms with Crippen molar-refractivity contribution < 1.29 is 24.2 Å². The van der Waals surface area contributed by atoms with E-state index in [0.29, 0.717) is 12.8 Å². The summed E-state index contributed by atoms with van der Waals surface area (Å²) >= 11 is 0. The Kier molecular flexibility index (Phi) is 9.16. The minimum absolute atomic E-state index is 0.0804. The summed E-state index contributed by atoms with van der Waals surface area (Å²) in [6, 6.07) is -0.426. The van der Waals surface area contributed by atoms with E-state index in [-0.39, 0.29) is 31.1 Å². The van der Waals surface area contributed by atoms with Crippen molar-refractivity contribution in [3.8, 4) is 0 Å². The fraction of sp³-hybridized carbons (Fsp3) is 0.786. The minimum atomic E-state index is -0.805. The van der Waals surface area contributed by atoms with E-state index < -0.39 is 11.9 Å². The maximum atomic E-state index is 11.8. The highest BCUT2D eigenvalue weighted by Gasteiger charge is 2.16. The number of nitrogens with zero attached hydrogens (tertiary/aromatic N) is 1. The minimum Gasteiger partial charge on any atom is -0.481 e. The maximum absolute atomic E-state index is 11.8. The molecule has 0 aromatic heterocycles. The van der Waals surface area contributed by atoms with Gasteiger partial charge in [0.25, 0.3) is 0 Å². The first-order chi connectivity index (χ1) is 9.77. The molecule has 7 heteroatoms. The molecule has 0 saturated heterocycles. The van der Waals surface area contributed by atoms with Crippen LogP contribution in [-0.2, 0) is 14.3 Å². The van der Waals surface area contributed by atoms with Crippen LogP contribution < -0.4 is 5.32 Å². The normalized spacial score (nSPS) is 13.1. The second-order valence-corrected chi connectivity index (χ2v) is 5.18. The molecule has 0 spiro atoms. The monoisotopic (exact) mass is 302 g/mol. The smallest absolute Gasteiger partial charge is 0.325 e. The van der Waals surface area contributed by atoms with Gasteiger partial charge in [0.2, 0.25) is 0 Å². The number of likely N-dealkylation sites (N-methyl/N-ethyl adjacent to an activating group) is 1. The number of carbonyl (C=O) groups is 3. The van der Waals surface area contributed by atoms with Gasteiger partial charge in [-0.2, -0.15) is 0 Å². The van der Waals surface area contributed by atoms with Gasteiger partial charge in [-0.3, -0.25) is 9.59 Å². The Morgan fingerprint density at radius 2 is 1.86 bits per heavy atom. The summed E-state index contributed by atoms with van der Waals surface area (Å²) in [5.41, 5.74) is 0. The molecule has 2 atom stereocenters. The second kappa shape index (κ2) is 10.0. The molecule has 0 aromatic rings. The van der Waals surface area contributed by atoms with Crippen LogP contribution in [0, 0.1) is 5.92 Å². The highest BCUT2D eigenvalue weighted by atomic mass is 16.5. The fourth-order valence-electron chi connectivity index (χ4n) is 1.72. The largest absolute Gasteiger partial charge is 0.481 e. The number of esters is 1. The van der Waals surface area contributed by atoms with Crippen molar-refractivity contribution in [3.05, 3.63) is 0 Å². The topological polar surface area (TPSA) is 95.9 Å². The molecule has 0 radical (unpaired) electrons. The van der Waals surface area contributed by atoms with E-state index in [1.54, 1.807) is 13.8 Å². The van der Waals surface area contributed by atoms with Crippen LogP contribution in [0.2, 0.25) is 0 Å². The number of ether oxygens (including phenoxy) is 1. The summed E-state index contributed by atoms with van der Waals surface area (Å²) < 4.78 is 4.77. The zero-order chi connectivity index (χ0) is 16.4. The van der Waals surface area contributed by atoms with Crippen LogP contribution in [0.3, 0.4) is 0 Å². The lowest BCUT2D eigenvalue weighted by Gasteiger charge is -2.20. The van der Waals surface area contributed by atoms with E-state index in [1.165, 1.54) is 11.9 Å². The Hall–Kier alpha value is -1.79. The Labute approximate surface area is 125 Å². The number of amides is 2. The average molecular weight is 302 g/mol. The Morgan fingerprint density at radius 3 is 2.38 bits per heavy atom. The zero-order valence-electron chi connectivity index (χ0n) is 13.2. The molecule has 0 aliphatic carbocycles. The van der Waals surface area contributed by atoms with Gasteiger partial charge >= 0.3 is 18.0 Å². The standard InChI is InChI=1S/C14H26N2O5/c1-5-21-12(17)9-16(4)14(20)15-11(3)8-6-7-10(2)13(18)19/h10-11H,5-9H2,1-4H3,(H,15,20)(H,18,19). The van der Waals surface area contributed by atoms with Crippen LogP contribution >= 0.6 is 0 Å². The van der Waals surface area contributed by atoms with Gasteiger partial charge in [-0.05, 0) is 26.7 Å². The van der Waals surface area contributed by atoms with Crippen molar-refractivity contribution in [2.75, 3.05) is 20.2 Å². The van der Waals surface area contributed by atoms with E-state index in [4.69, 9.17) is 9.84 Å². The van der Waals surface area contributed by atoms with E-state index in [0.717, 1.165) is 6.42 Å². The van der Waals surface area contributed by atoms with Gasteiger partial charge in [0.1, 0.15) is 6.54 Å². The third kappa shape index (κ3) is 8.88. The summed E-state index contributed by atoms with van der Waals surface area (Å²) in [6.07, 6.45) is 1.99. The Balaban J connectivity index is 3.97. The summed E-state index contributed by atoms with van der Waals surface area (Å²) in [5.74, 6) is -1.63. The van der Waals surface area contributed by atoms with Gasteiger partial charge in [-0.1, -0.05) is 13.3 Å². The molecule has 2 unspecified atom stereocenters. The van der Waals surface area contributed by atoms with Crippen molar-refractivity contribution in [1.29, 1.82) is 0 Å². The van der Waals surface area contributed by atoms with Gasteiger partial charge < -0.3 is 20.1 Å². The first-order valence-corrected chi connectivity index (χ1v) is 7.18. The lowest BCUT2D eigenvalue weighted by molar-refractivity contribution is -0.143. The summed E-state index contributed by atoms with van der Waals surface area (Å²) in [5, 5.41) is 11.5. The zero-order valence-corrected chi connectivity index (χ0v) is 13.2. The molecule has 0 aliphatic heterocycles. The molecule has 0 heterocycles. The predicted octanol–water partition coefficient (Wildman–Crippen LogP) is 1.47. The molecular weight excluding hydrogens is 276 g/mol. The molecule has 0 fully saturated rings. The number of carboxylic acids is 1. The van der Waals surface area contributed by atoms with Crippen molar-refractivity contribution in [3.63, 3.8) is 0 Å². The van der Waals surface area contributed by atoms with Gasteiger partial charge in [0, 0.05) is 13.1 Å². The molecular formula is C14H26N2O5. The van der Waals surface area contributed by atoms with E-state index in [9.17, 15) is 14.4 Å². The molecule has 0 aliphatic rings. The predicted molar refractivity (Wildman–Crippen MR) is 77.9 cm³/mol. The first-order valence-electron chi connectivity index (χ1n) is 7.18. The lowest BCUT2D eigenvalue weighted by atomic mass is 10.0. The van der Waals surface area contributed by atoms with Crippen molar-refractivity contribution in [1.82, 2.24) is 10.2 Å². The lowest BCUT2D eigenvalue weighted by Crippen LogP contribution is -2.44. The summed E-state index contributed by atoms with van der Waals surface area (Å²) in [4.78, 5) is 35.0. The van der Waals surface area contributed by atoms with Crippen molar-refractivity contribution in [2.24, 2.45) is 5.92 Å². The van der Waals surface area contributed by atoms with E-state index in [1.807, 2.05) is 6.92 Å². The Morgan fingerprint density at radius 1 is 1.24 bits per heavy atom. The number of hydrogen-bond acceptors (Lipinski definition) is 4. The number of nitrogens with one attached hydrogen (secondary N) is 1. The van der Waals surface area contributed by atoms with Crippen LogP contribution in [0.1, 0.15) is 40.0 Å². The number of carbonyl (C=O) groups excluding carboxylic acids is 2. The van der Waals surface area contributed by atoms with Gasteiger partial charge in [-0.25, -0.2) is 4.79 Å². The molecule has 2 amide bonds. The van der Waals surface area contributed by atoms with Crippen LogP contribution in [-0.4, -0.2) is 54.2 Å². The molecule has 0 bridgehead atoms.